The maximum Gasteiger partial charge on any atom is 0.252 e. The molecule has 1 atom stereocenters. The Morgan fingerprint density at radius 1 is 1.30 bits per heavy atom. The molecule has 6 nitrogen and oxygen atoms in total. The van der Waals surface area contributed by atoms with Gasteiger partial charge in [0.1, 0.15) is 4.21 Å². The molecule has 0 aromatic carbocycles. The smallest absolute Gasteiger partial charge is 0.252 e. The summed E-state index contributed by atoms with van der Waals surface area (Å²) in [5.74, 6) is 0.0506. The van der Waals surface area contributed by atoms with Gasteiger partial charge in [-0.15, -0.1) is 23.7 Å². The number of hydrogen-bond donors (Lipinski definition) is 1. The second-order valence-corrected chi connectivity index (χ2v) is 9.36. The fraction of sp³-hybridized carbons (Fsp3) is 0.615. The number of carbonyl (C=O) groups excluding carboxylic acids is 1. The van der Waals surface area contributed by atoms with E-state index in [2.05, 4.69) is 5.32 Å². The fourth-order valence-electron chi connectivity index (χ4n) is 2.96. The topological polar surface area (TPSA) is 69.7 Å². The fourth-order valence-corrected chi connectivity index (χ4v) is 6.12. The Morgan fingerprint density at radius 2 is 2.09 bits per heavy atom. The molecule has 23 heavy (non-hydrogen) atoms. The van der Waals surface area contributed by atoms with Crippen LogP contribution in [-0.2, 0) is 14.8 Å². The van der Waals surface area contributed by atoms with E-state index >= 15 is 0 Å². The maximum absolute atomic E-state index is 12.7. The summed E-state index contributed by atoms with van der Waals surface area (Å²) in [7, 11) is -3.52. The Hall–Kier alpha value is -0.380. The summed E-state index contributed by atoms with van der Waals surface area (Å²) < 4.78 is 27.6. The molecule has 1 aromatic heterocycles. The normalized spacial score (nSPS) is 23.6. The van der Waals surface area contributed by atoms with Gasteiger partial charge in [0.05, 0.1) is 10.9 Å². The highest BCUT2D eigenvalue weighted by Crippen LogP contribution is 2.30. The van der Waals surface area contributed by atoms with Gasteiger partial charge < -0.3 is 10.2 Å². The number of rotatable bonds is 3. The zero-order valence-electron chi connectivity index (χ0n) is 12.4. The molecule has 0 radical (unpaired) electrons. The van der Waals surface area contributed by atoms with Crippen LogP contribution in [0.1, 0.15) is 12.8 Å². The van der Waals surface area contributed by atoms with E-state index in [-0.39, 0.29) is 28.6 Å². The van der Waals surface area contributed by atoms with Crippen LogP contribution in [0.3, 0.4) is 0 Å². The summed E-state index contributed by atoms with van der Waals surface area (Å²) in [5, 5.41) is 3.04. The zero-order valence-corrected chi connectivity index (χ0v) is 15.6. The van der Waals surface area contributed by atoms with E-state index in [1.165, 1.54) is 4.31 Å². The molecule has 1 amide bonds. The largest absolute Gasteiger partial charge is 0.336 e. The Kier molecular flexibility index (Phi) is 6.32. The number of amides is 1. The predicted molar refractivity (Wildman–Crippen MR) is 92.9 cm³/mol. The summed E-state index contributed by atoms with van der Waals surface area (Å²) in [6, 6.07) is 3.11. The third kappa shape index (κ3) is 4.00. The van der Waals surface area contributed by atoms with Crippen molar-refractivity contribution in [3.05, 3.63) is 16.5 Å². The predicted octanol–water partition coefficient (Wildman–Crippen LogP) is 1.41. The van der Waals surface area contributed by atoms with Crippen molar-refractivity contribution < 1.29 is 13.2 Å². The molecule has 2 aliphatic heterocycles. The van der Waals surface area contributed by atoms with Gasteiger partial charge in [0, 0.05) is 32.2 Å². The standard InChI is InChI=1S/C13H18ClN3O3S2.ClH/c14-11-3-4-13(21-11)22(19,20)16-6-1-2-10(9-16)17-7-5-15-8-12(17)18;/h3-4,10,15H,1-2,5-9H2;1H. The third-order valence-electron chi connectivity index (χ3n) is 4.07. The molecule has 130 valence electrons. The lowest BCUT2D eigenvalue weighted by molar-refractivity contribution is -0.135. The van der Waals surface area contributed by atoms with Crippen LogP contribution in [0.4, 0.5) is 0 Å². The molecule has 0 aliphatic carbocycles. The van der Waals surface area contributed by atoms with E-state index < -0.39 is 10.0 Å². The van der Waals surface area contributed by atoms with Crippen LogP contribution in [0.5, 0.6) is 0 Å². The highest BCUT2D eigenvalue weighted by atomic mass is 35.5. The number of hydrogen-bond acceptors (Lipinski definition) is 5. The van der Waals surface area contributed by atoms with E-state index in [0.29, 0.717) is 30.5 Å². The first kappa shape index (κ1) is 19.0. The number of nitrogens with one attached hydrogen (secondary N) is 1. The van der Waals surface area contributed by atoms with Crippen molar-refractivity contribution in [3.8, 4) is 0 Å². The number of halogens is 2. The molecule has 3 rings (SSSR count). The maximum atomic E-state index is 12.7. The van der Waals surface area contributed by atoms with Crippen LogP contribution in [0, 0.1) is 0 Å². The van der Waals surface area contributed by atoms with Crippen molar-refractivity contribution in [1.29, 1.82) is 0 Å². The van der Waals surface area contributed by atoms with Gasteiger partial charge in [0.2, 0.25) is 5.91 Å². The molecule has 1 aromatic rings. The van der Waals surface area contributed by atoms with Crippen molar-refractivity contribution in [2.75, 3.05) is 32.7 Å². The molecular formula is C13H19Cl2N3O3S2. The molecule has 0 spiro atoms. The summed E-state index contributed by atoms with van der Waals surface area (Å²) in [5.41, 5.74) is 0. The minimum absolute atomic E-state index is 0. The van der Waals surface area contributed by atoms with Gasteiger partial charge in [0.25, 0.3) is 10.0 Å². The van der Waals surface area contributed by atoms with Crippen LogP contribution in [0.2, 0.25) is 4.34 Å². The molecule has 2 fully saturated rings. The minimum atomic E-state index is -3.52. The van der Waals surface area contributed by atoms with Crippen LogP contribution in [-0.4, -0.2) is 62.3 Å². The Balaban J connectivity index is 0.00000192. The van der Waals surface area contributed by atoms with Crippen molar-refractivity contribution in [1.82, 2.24) is 14.5 Å². The molecule has 2 aliphatic rings. The number of sulfonamides is 1. The van der Waals surface area contributed by atoms with E-state index in [1.54, 1.807) is 12.1 Å². The zero-order chi connectivity index (χ0) is 15.7. The van der Waals surface area contributed by atoms with Gasteiger partial charge in [0.15, 0.2) is 0 Å². The van der Waals surface area contributed by atoms with Crippen LogP contribution in [0.25, 0.3) is 0 Å². The van der Waals surface area contributed by atoms with Crippen LogP contribution >= 0.6 is 35.3 Å². The van der Waals surface area contributed by atoms with Crippen molar-refractivity contribution in [3.63, 3.8) is 0 Å². The monoisotopic (exact) mass is 399 g/mol. The Labute approximate surface area is 151 Å². The first-order valence-corrected chi connectivity index (χ1v) is 9.87. The molecule has 0 bridgehead atoms. The molecule has 0 saturated carbocycles. The number of piperazine rings is 1. The third-order valence-corrected chi connectivity index (χ3v) is 7.63. The summed E-state index contributed by atoms with van der Waals surface area (Å²) >= 11 is 6.92. The first-order valence-electron chi connectivity index (χ1n) is 7.24. The molecule has 1 N–H and O–H groups in total. The van der Waals surface area contributed by atoms with Crippen molar-refractivity contribution >= 4 is 51.3 Å². The Bertz CT molecular complexity index is 665. The molecule has 3 heterocycles. The molecule has 1 unspecified atom stereocenters. The summed E-state index contributed by atoms with van der Waals surface area (Å²) in [4.78, 5) is 13.8. The van der Waals surface area contributed by atoms with Crippen molar-refractivity contribution in [2.45, 2.75) is 23.1 Å². The lowest BCUT2D eigenvalue weighted by Gasteiger charge is -2.40. The van der Waals surface area contributed by atoms with E-state index in [9.17, 15) is 13.2 Å². The number of nitrogens with zero attached hydrogens (tertiary/aromatic N) is 2. The summed E-state index contributed by atoms with van der Waals surface area (Å²) in [6.07, 6.45) is 1.61. The lowest BCUT2D eigenvalue weighted by Crippen LogP contribution is -2.57. The van der Waals surface area contributed by atoms with E-state index in [0.717, 1.165) is 30.7 Å². The van der Waals surface area contributed by atoms with Gasteiger partial charge >= 0.3 is 0 Å². The van der Waals surface area contributed by atoms with Crippen molar-refractivity contribution in [2.24, 2.45) is 0 Å². The van der Waals surface area contributed by atoms with Crippen LogP contribution in [0.15, 0.2) is 16.3 Å². The minimum Gasteiger partial charge on any atom is -0.336 e. The van der Waals surface area contributed by atoms with Gasteiger partial charge in [-0.05, 0) is 25.0 Å². The number of carbonyl (C=O) groups is 1. The average molecular weight is 400 g/mol. The van der Waals surface area contributed by atoms with E-state index in [1.807, 2.05) is 4.90 Å². The highest BCUT2D eigenvalue weighted by Gasteiger charge is 2.35. The summed E-state index contributed by atoms with van der Waals surface area (Å²) in [6.45, 7) is 2.60. The first-order chi connectivity index (χ1) is 10.5. The highest BCUT2D eigenvalue weighted by molar-refractivity contribution is 7.91. The van der Waals surface area contributed by atoms with Gasteiger partial charge in [-0.3, -0.25) is 4.79 Å². The lowest BCUT2D eigenvalue weighted by atomic mass is 10.1. The SMILES string of the molecule is Cl.O=C1CNCCN1C1CCCN(S(=O)(=O)c2ccc(Cl)s2)C1. The average Bonchev–Trinajstić information content (AvgIpc) is 2.95. The van der Waals surface area contributed by atoms with Gasteiger partial charge in [-0.1, -0.05) is 11.6 Å². The Morgan fingerprint density at radius 3 is 2.74 bits per heavy atom. The van der Waals surface area contributed by atoms with E-state index in [4.69, 9.17) is 11.6 Å². The van der Waals surface area contributed by atoms with Gasteiger partial charge in [-0.2, -0.15) is 4.31 Å². The van der Waals surface area contributed by atoms with Crippen LogP contribution < -0.4 is 5.32 Å². The quantitative estimate of drug-likeness (QED) is 0.833. The van der Waals surface area contributed by atoms with Gasteiger partial charge in [-0.25, -0.2) is 8.42 Å². The molecular weight excluding hydrogens is 381 g/mol. The molecule has 10 heteroatoms. The molecule has 2 saturated heterocycles. The number of thiophene rings is 1. The number of piperidine rings is 1. The second-order valence-electron chi connectivity index (χ2n) is 5.48. The second kappa shape index (κ2) is 7.67.